The van der Waals surface area contributed by atoms with Crippen LogP contribution < -0.4 is 5.32 Å². The maximum Gasteiger partial charge on any atom is 0.305 e. The van der Waals surface area contributed by atoms with E-state index in [1.165, 1.54) is 6.07 Å². The summed E-state index contributed by atoms with van der Waals surface area (Å²) in [5, 5.41) is 13.1. The van der Waals surface area contributed by atoms with Gasteiger partial charge in [0, 0.05) is 23.9 Å². The second-order valence-corrected chi connectivity index (χ2v) is 4.16. The van der Waals surface area contributed by atoms with Crippen molar-refractivity contribution in [2.75, 3.05) is 18.6 Å². The Labute approximate surface area is 102 Å². The Hall–Kier alpha value is -1.63. The van der Waals surface area contributed by atoms with Crippen molar-refractivity contribution in [1.82, 2.24) is 5.32 Å². The fourth-order valence-corrected chi connectivity index (χ4v) is 1.47. The van der Waals surface area contributed by atoms with E-state index in [1.807, 2.05) is 6.26 Å². The first-order valence-electron chi connectivity index (χ1n) is 4.77. The Morgan fingerprint density at radius 1 is 1.59 bits per heavy atom. The molecule has 1 rings (SSSR count). The number of carbonyl (C=O) groups is 1. The molecular formula is C10H11FN2O3S. The van der Waals surface area contributed by atoms with Crippen LogP contribution in [-0.4, -0.2) is 29.4 Å². The highest BCUT2D eigenvalue weighted by molar-refractivity contribution is 7.98. The zero-order chi connectivity index (χ0) is 12.8. The van der Waals surface area contributed by atoms with Crippen molar-refractivity contribution in [1.29, 1.82) is 0 Å². The van der Waals surface area contributed by atoms with E-state index in [0.29, 0.717) is 6.54 Å². The van der Waals surface area contributed by atoms with E-state index in [-0.39, 0.29) is 5.56 Å². The summed E-state index contributed by atoms with van der Waals surface area (Å²) in [4.78, 5) is 21.2. The SMILES string of the molecule is CSCCNC(=O)c1ccc(F)c([N+](=O)[O-])c1. The first-order chi connectivity index (χ1) is 8.06. The highest BCUT2D eigenvalue weighted by Crippen LogP contribution is 2.18. The van der Waals surface area contributed by atoms with Gasteiger partial charge in [-0.2, -0.15) is 16.2 Å². The summed E-state index contributed by atoms with van der Waals surface area (Å²) < 4.78 is 13.0. The van der Waals surface area contributed by atoms with Crippen LogP contribution >= 0.6 is 11.8 Å². The van der Waals surface area contributed by atoms with Crippen LogP contribution in [0.2, 0.25) is 0 Å². The van der Waals surface area contributed by atoms with E-state index in [0.717, 1.165) is 17.9 Å². The molecule has 0 spiro atoms. The van der Waals surface area contributed by atoms with Gasteiger partial charge in [0.25, 0.3) is 5.91 Å². The van der Waals surface area contributed by atoms with Gasteiger partial charge in [0.1, 0.15) is 0 Å². The highest BCUT2D eigenvalue weighted by Gasteiger charge is 2.17. The smallest absolute Gasteiger partial charge is 0.305 e. The molecule has 0 saturated heterocycles. The number of hydrogen-bond acceptors (Lipinski definition) is 4. The molecule has 17 heavy (non-hydrogen) atoms. The fourth-order valence-electron chi connectivity index (χ4n) is 1.16. The lowest BCUT2D eigenvalue weighted by Gasteiger charge is -2.04. The van der Waals surface area contributed by atoms with Crippen LogP contribution in [-0.2, 0) is 0 Å². The van der Waals surface area contributed by atoms with Crippen molar-refractivity contribution >= 4 is 23.4 Å². The van der Waals surface area contributed by atoms with Gasteiger partial charge in [0.2, 0.25) is 5.82 Å². The van der Waals surface area contributed by atoms with E-state index in [9.17, 15) is 19.3 Å². The summed E-state index contributed by atoms with van der Waals surface area (Å²) in [6.07, 6.45) is 1.90. The van der Waals surface area contributed by atoms with Crippen molar-refractivity contribution in [2.45, 2.75) is 0 Å². The number of nitrogens with zero attached hydrogens (tertiary/aromatic N) is 1. The summed E-state index contributed by atoms with van der Waals surface area (Å²) in [5.41, 5.74) is -0.610. The van der Waals surface area contributed by atoms with Crippen LogP contribution in [0.25, 0.3) is 0 Å². The molecule has 92 valence electrons. The number of hydrogen-bond donors (Lipinski definition) is 1. The fraction of sp³-hybridized carbons (Fsp3) is 0.300. The predicted octanol–water partition coefficient (Wildman–Crippen LogP) is 1.83. The van der Waals surface area contributed by atoms with Gasteiger partial charge in [-0.05, 0) is 18.4 Å². The topological polar surface area (TPSA) is 72.2 Å². The minimum atomic E-state index is -0.948. The van der Waals surface area contributed by atoms with E-state index >= 15 is 0 Å². The van der Waals surface area contributed by atoms with Gasteiger partial charge in [-0.15, -0.1) is 0 Å². The molecule has 0 radical (unpaired) electrons. The molecule has 0 bridgehead atoms. The summed E-state index contributed by atoms with van der Waals surface area (Å²) in [7, 11) is 0. The molecule has 0 unspecified atom stereocenters. The molecule has 1 amide bonds. The molecule has 0 aliphatic carbocycles. The third-order valence-electron chi connectivity index (χ3n) is 2.00. The number of nitro benzene ring substituents is 1. The summed E-state index contributed by atoms with van der Waals surface area (Å²) in [6.45, 7) is 0.463. The largest absolute Gasteiger partial charge is 0.351 e. The molecule has 1 aromatic rings. The standard InChI is InChI=1S/C10H11FN2O3S/c1-17-5-4-12-10(14)7-2-3-8(11)9(6-7)13(15)16/h2-3,6H,4-5H2,1H3,(H,12,14). The van der Waals surface area contributed by atoms with Crippen LogP contribution in [0.3, 0.4) is 0 Å². The molecule has 0 fully saturated rings. The van der Waals surface area contributed by atoms with Crippen molar-refractivity contribution < 1.29 is 14.1 Å². The zero-order valence-electron chi connectivity index (χ0n) is 9.10. The number of nitro groups is 1. The Morgan fingerprint density at radius 3 is 2.88 bits per heavy atom. The number of amides is 1. The third kappa shape index (κ3) is 3.70. The Kier molecular flexibility index (Phi) is 4.89. The quantitative estimate of drug-likeness (QED) is 0.497. The van der Waals surface area contributed by atoms with Crippen molar-refractivity contribution in [3.63, 3.8) is 0 Å². The average molecular weight is 258 g/mol. The number of rotatable bonds is 5. The minimum absolute atomic E-state index is 0.0826. The lowest BCUT2D eigenvalue weighted by Crippen LogP contribution is -2.25. The molecule has 0 aliphatic heterocycles. The maximum atomic E-state index is 13.0. The minimum Gasteiger partial charge on any atom is -0.351 e. The molecule has 0 saturated carbocycles. The third-order valence-corrected chi connectivity index (χ3v) is 2.61. The maximum absolute atomic E-state index is 13.0. The van der Waals surface area contributed by atoms with Gasteiger partial charge >= 0.3 is 5.69 Å². The van der Waals surface area contributed by atoms with Crippen LogP contribution in [0, 0.1) is 15.9 Å². The van der Waals surface area contributed by atoms with E-state index in [2.05, 4.69) is 5.32 Å². The van der Waals surface area contributed by atoms with Gasteiger partial charge in [-0.1, -0.05) is 0 Å². The number of nitrogens with one attached hydrogen (secondary N) is 1. The van der Waals surface area contributed by atoms with Crippen molar-refractivity contribution in [2.24, 2.45) is 0 Å². The molecule has 5 nitrogen and oxygen atoms in total. The van der Waals surface area contributed by atoms with Crippen LogP contribution in [0.5, 0.6) is 0 Å². The molecule has 7 heteroatoms. The number of thioether (sulfide) groups is 1. The first kappa shape index (κ1) is 13.4. The molecule has 1 N–H and O–H groups in total. The molecule has 0 aliphatic rings. The summed E-state index contributed by atoms with van der Waals surface area (Å²) in [6, 6.07) is 3.07. The highest BCUT2D eigenvalue weighted by atomic mass is 32.2. The van der Waals surface area contributed by atoms with Crippen molar-refractivity contribution in [3.8, 4) is 0 Å². The molecule has 1 aromatic carbocycles. The second-order valence-electron chi connectivity index (χ2n) is 3.17. The van der Waals surface area contributed by atoms with E-state index < -0.39 is 22.3 Å². The number of benzene rings is 1. The number of halogens is 1. The lowest BCUT2D eigenvalue weighted by atomic mass is 10.2. The van der Waals surface area contributed by atoms with Gasteiger partial charge in [-0.3, -0.25) is 14.9 Å². The Morgan fingerprint density at radius 2 is 2.29 bits per heavy atom. The van der Waals surface area contributed by atoms with E-state index in [1.54, 1.807) is 11.8 Å². The molecular weight excluding hydrogens is 247 g/mol. The zero-order valence-corrected chi connectivity index (χ0v) is 9.92. The molecule has 0 atom stereocenters. The normalized spacial score (nSPS) is 10.0. The van der Waals surface area contributed by atoms with Gasteiger partial charge in [0.15, 0.2) is 0 Å². The second kappa shape index (κ2) is 6.19. The number of carbonyl (C=O) groups excluding carboxylic acids is 1. The summed E-state index contributed by atoms with van der Waals surface area (Å²) >= 11 is 1.57. The molecule has 0 heterocycles. The van der Waals surface area contributed by atoms with Crippen LogP contribution in [0.15, 0.2) is 18.2 Å². The van der Waals surface area contributed by atoms with Gasteiger partial charge < -0.3 is 5.32 Å². The Bertz CT molecular complexity index is 440. The van der Waals surface area contributed by atoms with Crippen LogP contribution in [0.1, 0.15) is 10.4 Å². The lowest BCUT2D eigenvalue weighted by molar-refractivity contribution is -0.387. The summed E-state index contributed by atoms with van der Waals surface area (Å²) in [5.74, 6) is -0.646. The monoisotopic (exact) mass is 258 g/mol. The molecule has 0 aromatic heterocycles. The van der Waals surface area contributed by atoms with Crippen LogP contribution in [0.4, 0.5) is 10.1 Å². The van der Waals surface area contributed by atoms with Gasteiger partial charge in [-0.25, -0.2) is 0 Å². The van der Waals surface area contributed by atoms with Gasteiger partial charge in [0.05, 0.1) is 4.92 Å². The van der Waals surface area contributed by atoms with E-state index in [4.69, 9.17) is 0 Å². The average Bonchev–Trinajstić information content (AvgIpc) is 2.29. The van der Waals surface area contributed by atoms with Crippen molar-refractivity contribution in [3.05, 3.63) is 39.7 Å². The first-order valence-corrected chi connectivity index (χ1v) is 6.16. The predicted molar refractivity (Wildman–Crippen MR) is 63.8 cm³/mol. The Balaban J connectivity index is 2.81.